The van der Waals surface area contributed by atoms with Crippen LogP contribution in [0.15, 0.2) is 22.7 Å². The van der Waals surface area contributed by atoms with Crippen molar-refractivity contribution in [2.24, 2.45) is 0 Å². The quantitative estimate of drug-likeness (QED) is 0.844. The van der Waals surface area contributed by atoms with Gasteiger partial charge in [0.05, 0.1) is 11.6 Å². The van der Waals surface area contributed by atoms with Gasteiger partial charge in [-0.05, 0) is 12.1 Å². The zero-order valence-corrected chi connectivity index (χ0v) is 9.53. The van der Waals surface area contributed by atoms with Gasteiger partial charge < -0.3 is 19.7 Å². The Labute approximate surface area is 102 Å². The van der Waals surface area contributed by atoms with E-state index in [0.29, 0.717) is 17.3 Å². The number of hydrogen-bond acceptors (Lipinski definition) is 5. The average Bonchev–Trinajstić information content (AvgIpc) is 2.75. The highest BCUT2D eigenvalue weighted by Crippen LogP contribution is 2.38. The number of nitrogen functional groups attached to an aromatic ring is 1. The normalized spacial score (nSPS) is 14.2. The monoisotopic (exact) mass is 252 g/mol. The molecule has 1 aromatic heterocycles. The van der Waals surface area contributed by atoms with Crippen molar-refractivity contribution in [1.82, 2.24) is 5.16 Å². The average molecular weight is 253 g/mol. The molecule has 88 valence electrons. The van der Waals surface area contributed by atoms with Gasteiger partial charge in [0, 0.05) is 17.2 Å². The molecular weight excluding hydrogens is 244 g/mol. The number of benzene rings is 1. The lowest BCUT2D eigenvalue weighted by Crippen LogP contribution is -2.12. The van der Waals surface area contributed by atoms with E-state index in [9.17, 15) is 0 Å². The highest BCUT2D eigenvalue weighted by molar-refractivity contribution is 6.33. The van der Waals surface area contributed by atoms with E-state index >= 15 is 0 Å². The van der Waals surface area contributed by atoms with Gasteiger partial charge in [-0.25, -0.2) is 0 Å². The van der Waals surface area contributed by atoms with Crippen molar-refractivity contribution in [2.75, 3.05) is 12.5 Å². The summed E-state index contributed by atoms with van der Waals surface area (Å²) in [5.74, 6) is 0.989. The topological polar surface area (TPSA) is 70.5 Å². The van der Waals surface area contributed by atoms with E-state index in [0.717, 1.165) is 16.9 Å². The van der Waals surface area contributed by atoms with Crippen LogP contribution >= 0.6 is 11.6 Å². The predicted molar refractivity (Wildman–Crippen MR) is 61.6 cm³/mol. The van der Waals surface area contributed by atoms with Gasteiger partial charge in [0.25, 0.3) is 0 Å². The van der Waals surface area contributed by atoms with E-state index < -0.39 is 0 Å². The molecule has 2 N–H and O–H groups in total. The SMILES string of the molecule is Nc1cc(-c2c(Cl)ccc3c2COCO3)no1. The Morgan fingerprint density at radius 2 is 2.24 bits per heavy atom. The summed E-state index contributed by atoms with van der Waals surface area (Å²) in [7, 11) is 0. The Balaban J connectivity index is 2.20. The Kier molecular flexibility index (Phi) is 2.42. The van der Waals surface area contributed by atoms with Crippen LogP contribution in [-0.2, 0) is 11.3 Å². The molecule has 1 aliphatic rings. The minimum atomic E-state index is 0.242. The van der Waals surface area contributed by atoms with Crippen molar-refractivity contribution in [1.29, 1.82) is 0 Å². The van der Waals surface area contributed by atoms with Gasteiger partial charge in [-0.2, -0.15) is 0 Å². The molecule has 17 heavy (non-hydrogen) atoms. The Morgan fingerprint density at radius 3 is 3.00 bits per heavy atom. The van der Waals surface area contributed by atoms with Gasteiger partial charge in [-0.15, -0.1) is 0 Å². The largest absolute Gasteiger partial charge is 0.467 e. The lowest BCUT2D eigenvalue weighted by atomic mass is 10.0. The maximum Gasteiger partial charge on any atom is 0.222 e. The molecule has 1 aliphatic heterocycles. The fourth-order valence-electron chi connectivity index (χ4n) is 1.81. The first-order valence-corrected chi connectivity index (χ1v) is 5.38. The minimum absolute atomic E-state index is 0.242. The van der Waals surface area contributed by atoms with Crippen LogP contribution in [0.2, 0.25) is 5.02 Å². The first-order chi connectivity index (χ1) is 8.25. The summed E-state index contributed by atoms with van der Waals surface area (Å²) in [6.07, 6.45) is 0. The van der Waals surface area contributed by atoms with Crippen molar-refractivity contribution in [3.05, 3.63) is 28.8 Å². The Hall–Kier alpha value is -1.72. The van der Waals surface area contributed by atoms with E-state index in [4.69, 9.17) is 31.3 Å². The number of anilines is 1. The number of hydrogen-bond donors (Lipinski definition) is 1. The predicted octanol–water partition coefficient (Wildman–Crippen LogP) is 2.44. The molecule has 0 saturated carbocycles. The lowest BCUT2D eigenvalue weighted by molar-refractivity contribution is -0.0160. The number of aromatic nitrogens is 1. The molecule has 0 bridgehead atoms. The van der Waals surface area contributed by atoms with Crippen LogP contribution in [-0.4, -0.2) is 11.9 Å². The molecule has 1 aromatic carbocycles. The van der Waals surface area contributed by atoms with Crippen molar-refractivity contribution < 1.29 is 14.0 Å². The number of fused-ring (bicyclic) bond motifs is 1. The molecule has 0 fully saturated rings. The molecule has 3 rings (SSSR count). The zero-order valence-electron chi connectivity index (χ0n) is 8.77. The number of nitrogens with two attached hydrogens (primary N) is 1. The first kappa shape index (κ1) is 10.4. The smallest absolute Gasteiger partial charge is 0.222 e. The molecule has 0 spiro atoms. The van der Waals surface area contributed by atoms with E-state index in [-0.39, 0.29) is 12.7 Å². The van der Waals surface area contributed by atoms with Crippen LogP contribution < -0.4 is 10.5 Å². The van der Waals surface area contributed by atoms with E-state index in [1.165, 1.54) is 0 Å². The second-order valence-electron chi connectivity index (χ2n) is 3.62. The van der Waals surface area contributed by atoms with E-state index in [2.05, 4.69) is 5.16 Å². The highest BCUT2D eigenvalue weighted by Gasteiger charge is 2.20. The maximum absolute atomic E-state index is 6.17. The fourth-order valence-corrected chi connectivity index (χ4v) is 2.09. The third-order valence-electron chi connectivity index (χ3n) is 2.55. The summed E-state index contributed by atoms with van der Waals surface area (Å²) in [4.78, 5) is 0. The van der Waals surface area contributed by atoms with Gasteiger partial charge in [0.2, 0.25) is 5.88 Å². The Bertz CT molecular complexity index is 568. The van der Waals surface area contributed by atoms with Crippen LogP contribution in [0.3, 0.4) is 0 Å². The second-order valence-corrected chi connectivity index (χ2v) is 4.03. The van der Waals surface area contributed by atoms with Crippen LogP contribution in [0, 0.1) is 0 Å². The summed E-state index contributed by atoms with van der Waals surface area (Å²) in [5, 5.41) is 4.42. The minimum Gasteiger partial charge on any atom is -0.467 e. The number of ether oxygens (including phenoxy) is 2. The van der Waals surface area contributed by atoms with Gasteiger partial charge in [0.15, 0.2) is 6.79 Å². The standard InChI is InChI=1S/C11H9ClN2O3/c12-7-1-2-9-6(4-15-5-16-9)11(7)8-3-10(13)17-14-8/h1-3H,4-5,13H2. The van der Waals surface area contributed by atoms with Crippen molar-refractivity contribution in [3.8, 4) is 17.0 Å². The maximum atomic E-state index is 6.17. The zero-order chi connectivity index (χ0) is 11.8. The molecule has 0 atom stereocenters. The van der Waals surface area contributed by atoms with Crippen molar-refractivity contribution >= 4 is 17.5 Å². The molecule has 0 unspecified atom stereocenters. The summed E-state index contributed by atoms with van der Waals surface area (Å²) in [5.41, 5.74) is 7.69. The van der Waals surface area contributed by atoms with Gasteiger partial charge in [-0.3, -0.25) is 0 Å². The summed E-state index contributed by atoms with van der Waals surface area (Å²) >= 11 is 6.17. The summed E-state index contributed by atoms with van der Waals surface area (Å²) in [6.45, 7) is 0.674. The molecule has 0 saturated heterocycles. The van der Waals surface area contributed by atoms with Crippen LogP contribution in [0.4, 0.5) is 5.88 Å². The molecule has 0 amide bonds. The molecule has 0 radical (unpaired) electrons. The third kappa shape index (κ3) is 1.73. The first-order valence-electron chi connectivity index (χ1n) is 5.00. The molecule has 6 heteroatoms. The van der Waals surface area contributed by atoms with Crippen molar-refractivity contribution in [3.63, 3.8) is 0 Å². The molecule has 2 aromatic rings. The Morgan fingerprint density at radius 1 is 1.35 bits per heavy atom. The fraction of sp³-hybridized carbons (Fsp3) is 0.182. The van der Waals surface area contributed by atoms with Crippen LogP contribution in [0.1, 0.15) is 5.56 Å². The highest BCUT2D eigenvalue weighted by atomic mass is 35.5. The van der Waals surface area contributed by atoms with Gasteiger partial charge >= 0.3 is 0 Å². The summed E-state index contributed by atoms with van der Waals surface area (Å²) < 4.78 is 15.5. The van der Waals surface area contributed by atoms with Crippen molar-refractivity contribution in [2.45, 2.75) is 6.61 Å². The summed E-state index contributed by atoms with van der Waals surface area (Å²) in [6, 6.07) is 5.19. The lowest BCUT2D eigenvalue weighted by Gasteiger charge is -2.20. The molecule has 0 aliphatic carbocycles. The van der Waals surface area contributed by atoms with Gasteiger partial charge in [-0.1, -0.05) is 16.8 Å². The van der Waals surface area contributed by atoms with Gasteiger partial charge in [0.1, 0.15) is 11.4 Å². The molecule has 2 heterocycles. The van der Waals surface area contributed by atoms with Crippen LogP contribution in [0.5, 0.6) is 5.75 Å². The number of rotatable bonds is 1. The third-order valence-corrected chi connectivity index (χ3v) is 2.86. The van der Waals surface area contributed by atoms with E-state index in [1.807, 2.05) is 6.07 Å². The number of nitrogens with zero attached hydrogens (tertiary/aromatic N) is 1. The number of halogens is 1. The second kappa shape index (κ2) is 3.94. The van der Waals surface area contributed by atoms with Crippen LogP contribution in [0.25, 0.3) is 11.3 Å². The molecular formula is C11H9ClN2O3. The molecule has 5 nitrogen and oxygen atoms in total. The van der Waals surface area contributed by atoms with E-state index in [1.54, 1.807) is 12.1 Å².